The molecule has 0 saturated carbocycles. The molecule has 2 aromatic rings. The van der Waals surface area contributed by atoms with Crippen molar-refractivity contribution in [2.45, 2.75) is 19.4 Å². The molecule has 2 nitrogen and oxygen atoms in total. The summed E-state index contributed by atoms with van der Waals surface area (Å²) in [5.74, 6) is 2.76. The van der Waals surface area contributed by atoms with Gasteiger partial charge in [0.2, 0.25) is 0 Å². The number of aromatic nitrogens is 1. The van der Waals surface area contributed by atoms with Gasteiger partial charge in [-0.05, 0) is 30.5 Å². The molecule has 2 heterocycles. The monoisotopic (exact) mass is 230 g/mol. The molecular weight excluding hydrogens is 216 g/mol. The normalized spacial score (nSPS) is 12.5. The summed E-state index contributed by atoms with van der Waals surface area (Å²) in [5, 5.41) is 5.37. The first kappa shape index (κ1) is 11.1. The Bertz CT molecular complexity index is 510. The van der Waals surface area contributed by atoms with Gasteiger partial charge in [0.1, 0.15) is 0 Å². The predicted molar refractivity (Wildman–Crippen MR) is 69.5 cm³/mol. The minimum atomic E-state index is -0.0288. The van der Waals surface area contributed by atoms with E-state index in [0.29, 0.717) is 0 Å². The van der Waals surface area contributed by atoms with Gasteiger partial charge < -0.3 is 0 Å². The molecule has 16 heavy (non-hydrogen) atoms. The highest BCUT2D eigenvalue weighted by Gasteiger charge is 2.08. The van der Waals surface area contributed by atoms with Crippen molar-refractivity contribution in [2.75, 3.05) is 6.54 Å². The Kier molecular flexibility index (Phi) is 3.55. The van der Waals surface area contributed by atoms with Gasteiger partial charge in [-0.3, -0.25) is 10.3 Å². The first-order valence-electron chi connectivity index (χ1n) is 5.38. The molecule has 0 aromatic carbocycles. The molecular formula is C13H14N2S. The number of nitrogens with zero attached hydrogens (tertiary/aromatic N) is 1. The molecule has 1 N–H and O–H groups in total. The summed E-state index contributed by atoms with van der Waals surface area (Å²) in [4.78, 5) is 4.39. The van der Waals surface area contributed by atoms with Crippen LogP contribution < -0.4 is 5.32 Å². The highest BCUT2D eigenvalue weighted by molar-refractivity contribution is 7.17. The van der Waals surface area contributed by atoms with E-state index in [4.69, 9.17) is 6.42 Å². The van der Waals surface area contributed by atoms with Crippen LogP contribution in [-0.2, 0) is 0 Å². The summed E-state index contributed by atoms with van der Waals surface area (Å²) < 4.78 is 1.19. The van der Waals surface area contributed by atoms with Gasteiger partial charge in [0.05, 0.1) is 16.3 Å². The molecule has 0 bridgehead atoms. The Labute approximate surface area is 99.7 Å². The van der Waals surface area contributed by atoms with Gasteiger partial charge in [-0.15, -0.1) is 17.8 Å². The first-order valence-corrected chi connectivity index (χ1v) is 6.25. The van der Waals surface area contributed by atoms with Crippen molar-refractivity contribution in [1.29, 1.82) is 0 Å². The summed E-state index contributed by atoms with van der Waals surface area (Å²) >= 11 is 1.69. The lowest BCUT2D eigenvalue weighted by Crippen LogP contribution is -2.20. The quantitative estimate of drug-likeness (QED) is 0.817. The van der Waals surface area contributed by atoms with Crippen molar-refractivity contribution in [2.24, 2.45) is 0 Å². The number of hydrogen-bond donors (Lipinski definition) is 1. The van der Waals surface area contributed by atoms with E-state index >= 15 is 0 Å². The zero-order valence-electron chi connectivity index (χ0n) is 9.23. The smallest absolute Gasteiger partial charge is 0.0958 e. The van der Waals surface area contributed by atoms with Gasteiger partial charge in [0.25, 0.3) is 0 Å². The van der Waals surface area contributed by atoms with E-state index in [2.05, 4.69) is 29.2 Å². The summed E-state index contributed by atoms with van der Waals surface area (Å²) in [6.07, 6.45) is 8.47. The van der Waals surface area contributed by atoms with Gasteiger partial charge in [-0.2, -0.15) is 0 Å². The molecule has 0 spiro atoms. The molecule has 0 amide bonds. The van der Waals surface area contributed by atoms with Gasteiger partial charge in [0, 0.05) is 11.8 Å². The van der Waals surface area contributed by atoms with Crippen LogP contribution >= 0.6 is 11.3 Å². The van der Waals surface area contributed by atoms with Crippen LogP contribution in [-0.4, -0.2) is 11.5 Å². The lowest BCUT2D eigenvalue weighted by atomic mass is 10.1. The maximum absolute atomic E-state index is 5.53. The van der Waals surface area contributed by atoms with Crippen LogP contribution in [0.15, 0.2) is 23.7 Å². The third-order valence-corrected chi connectivity index (χ3v) is 3.28. The lowest BCUT2D eigenvalue weighted by Gasteiger charge is -2.12. The third-order valence-electron chi connectivity index (χ3n) is 2.42. The second-order valence-corrected chi connectivity index (χ2v) is 4.57. The number of pyridine rings is 1. The van der Waals surface area contributed by atoms with Crippen molar-refractivity contribution in [3.63, 3.8) is 0 Å². The molecule has 1 unspecified atom stereocenters. The molecule has 0 aliphatic carbocycles. The molecule has 0 aliphatic heterocycles. The van der Waals surface area contributed by atoms with Gasteiger partial charge in [0.15, 0.2) is 0 Å². The van der Waals surface area contributed by atoms with Crippen molar-refractivity contribution in [3.05, 3.63) is 29.3 Å². The third kappa shape index (κ3) is 2.24. The summed E-state index contributed by atoms with van der Waals surface area (Å²) in [7, 11) is 0. The molecule has 2 aromatic heterocycles. The minimum Gasteiger partial charge on any atom is -0.300 e. The largest absolute Gasteiger partial charge is 0.300 e. The highest BCUT2D eigenvalue weighted by atomic mass is 32.1. The molecule has 0 saturated heterocycles. The Balaban J connectivity index is 2.27. The van der Waals surface area contributed by atoms with Crippen molar-refractivity contribution in [1.82, 2.24) is 10.3 Å². The van der Waals surface area contributed by atoms with E-state index in [1.165, 1.54) is 4.70 Å². The van der Waals surface area contributed by atoms with Crippen LogP contribution in [0.4, 0.5) is 0 Å². The van der Waals surface area contributed by atoms with Gasteiger partial charge in [-0.1, -0.05) is 12.8 Å². The van der Waals surface area contributed by atoms with Gasteiger partial charge in [-0.25, -0.2) is 0 Å². The molecule has 3 heteroatoms. The fraction of sp³-hybridized carbons (Fsp3) is 0.308. The van der Waals surface area contributed by atoms with Crippen LogP contribution in [0.2, 0.25) is 0 Å². The number of terminal acetylenes is 1. The highest BCUT2D eigenvalue weighted by Crippen LogP contribution is 2.22. The molecule has 0 radical (unpaired) electrons. The van der Waals surface area contributed by atoms with E-state index in [9.17, 15) is 0 Å². The van der Waals surface area contributed by atoms with E-state index in [0.717, 1.165) is 24.0 Å². The van der Waals surface area contributed by atoms with Crippen LogP contribution in [0.1, 0.15) is 24.9 Å². The molecule has 0 fully saturated rings. The average molecular weight is 230 g/mol. The second kappa shape index (κ2) is 5.11. The topological polar surface area (TPSA) is 24.9 Å². The second-order valence-electron chi connectivity index (χ2n) is 3.63. The maximum atomic E-state index is 5.53. The Morgan fingerprint density at radius 2 is 2.50 bits per heavy atom. The minimum absolute atomic E-state index is 0.0288. The zero-order valence-corrected chi connectivity index (χ0v) is 10.1. The van der Waals surface area contributed by atoms with Crippen LogP contribution in [0, 0.1) is 12.3 Å². The summed E-state index contributed by atoms with van der Waals surface area (Å²) in [6.45, 7) is 3.05. The fourth-order valence-electron chi connectivity index (χ4n) is 1.58. The standard InChI is InChI=1S/C13H14N2S/c1-3-6-14-11(4-2)10-8-13-12(15-9-10)5-7-16-13/h2,5,7-9,11,14H,3,6H2,1H3. The maximum Gasteiger partial charge on any atom is 0.0958 e. The number of fused-ring (bicyclic) bond motifs is 1. The van der Waals surface area contributed by atoms with Crippen LogP contribution in [0.5, 0.6) is 0 Å². The fourth-order valence-corrected chi connectivity index (χ4v) is 2.37. The Hall–Kier alpha value is -1.37. The first-order chi connectivity index (χ1) is 7.85. The Morgan fingerprint density at radius 1 is 1.62 bits per heavy atom. The number of thiophene rings is 1. The van der Waals surface area contributed by atoms with E-state index < -0.39 is 0 Å². The Morgan fingerprint density at radius 3 is 3.25 bits per heavy atom. The SMILES string of the molecule is C#CC(NCCC)c1cnc2ccsc2c1. The van der Waals surface area contributed by atoms with Crippen molar-refractivity contribution in [3.8, 4) is 12.3 Å². The van der Waals surface area contributed by atoms with Crippen molar-refractivity contribution < 1.29 is 0 Å². The van der Waals surface area contributed by atoms with Gasteiger partial charge >= 0.3 is 0 Å². The van der Waals surface area contributed by atoms with E-state index in [1.807, 2.05) is 17.6 Å². The number of hydrogen-bond acceptors (Lipinski definition) is 3. The number of rotatable bonds is 4. The van der Waals surface area contributed by atoms with Crippen LogP contribution in [0.3, 0.4) is 0 Å². The summed E-state index contributed by atoms with van der Waals surface area (Å²) in [6, 6.07) is 4.12. The molecule has 82 valence electrons. The molecule has 0 aliphatic rings. The molecule has 1 atom stereocenters. The zero-order chi connectivity index (χ0) is 11.4. The average Bonchev–Trinajstić information content (AvgIpc) is 2.77. The lowest BCUT2D eigenvalue weighted by molar-refractivity contribution is 0.625. The van der Waals surface area contributed by atoms with Crippen molar-refractivity contribution >= 4 is 21.6 Å². The number of nitrogens with one attached hydrogen (secondary N) is 1. The van der Waals surface area contributed by atoms with E-state index in [1.54, 1.807) is 11.3 Å². The molecule has 2 rings (SSSR count). The van der Waals surface area contributed by atoms with E-state index in [-0.39, 0.29) is 6.04 Å². The van der Waals surface area contributed by atoms with Crippen LogP contribution in [0.25, 0.3) is 10.2 Å². The summed E-state index contributed by atoms with van der Waals surface area (Å²) in [5.41, 5.74) is 2.12. The predicted octanol–water partition coefficient (Wildman–Crippen LogP) is 2.97.